The van der Waals surface area contributed by atoms with Crippen LogP contribution in [0, 0.1) is 22.7 Å². The molecule has 11 nitrogen and oxygen atoms in total. The van der Waals surface area contributed by atoms with E-state index >= 15 is 0 Å². The van der Waals surface area contributed by atoms with Crippen molar-refractivity contribution < 1.29 is 48.6 Å². The highest BCUT2D eigenvalue weighted by Gasteiger charge is 2.75. The van der Waals surface area contributed by atoms with Crippen molar-refractivity contribution >= 4 is 5.97 Å². The average Bonchev–Trinajstić information content (AvgIpc) is 3.24. The van der Waals surface area contributed by atoms with Crippen molar-refractivity contribution in [1.29, 1.82) is 0 Å². The number of aliphatic hydroxyl groups excluding tert-OH is 2. The topological polar surface area (TPSA) is 165 Å². The molecule has 0 bridgehead atoms. The summed E-state index contributed by atoms with van der Waals surface area (Å²) in [5.74, 6) is -0.968. The lowest BCUT2D eigenvalue weighted by Crippen LogP contribution is -2.75. The van der Waals surface area contributed by atoms with Gasteiger partial charge in [0.25, 0.3) is 0 Å². The first-order valence-electron chi connectivity index (χ1n) is 16.1. The van der Waals surface area contributed by atoms with Gasteiger partial charge in [-0.25, -0.2) is 4.79 Å². The molecule has 6 rings (SSSR count). The Morgan fingerprint density at radius 2 is 1.80 bits per heavy atom. The van der Waals surface area contributed by atoms with E-state index in [0.717, 1.165) is 5.56 Å². The maximum absolute atomic E-state index is 12.8. The fourth-order valence-electron chi connectivity index (χ4n) is 10.4. The van der Waals surface area contributed by atoms with Gasteiger partial charge in [0.2, 0.25) is 0 Å². The summed E-state index contributed by atoms with van der Waals surface area (Å²) in [6.45, 7) is 7.25. The number of ether oxygens (including phenoxy) is 4. The molecular weight excluding hydrogens is 572 g/mol. The van der Waals surface area contributed by atoms with Crippen LogP contribution in [0.25, 0.3) is 0 Å². The maximum atomic E-state index is 12.8. The summed E-state index contributed by atoms with van der Waals surface area (Å²) in [4.78, 5) is 24.1. The monoisotopic (exact) mass is 620 g/mol. The molecule has 1 saturated heterocycles. The number of carbonyl (C=O) groups is 1. The Bertz CT molecular complexity index is 1280. The molecule has 4 N–H and O–H groups in total. The third kappa shape index (κ3) is 4.64. The first kappa shape index (κ1) is 32.1. The second-order valence-electron chi connectivity index (χ2n) is 14.7. The average molecular weight is 621 g/mol. The summed E-state index contributed by atoms with van der Waals surface area (Å²) in [5.41, 5.74) is -3.70. The highest BCUT2D eigenvalue weighted by atomic mass is 16.7. The molecule has 44 heavy (non-hydrogen) atoms. The first-order valence-corrected chi connectivity index (χ1v) is 16.1. The van der Waals surface area contributed by atoms with E-state index in [1.807, 2.05) is 6.92 Å². The summed E-state index contributed by atoms with van der Waals surface area (Å²) in [6, 6.07) is 3.16. The van der Waals surface area contributed by atoms with Gasteiger partial charge in [0.05, 0.1) is 24.1 Å². The van der Waals surface area contributed by atoms with Crippen molar-refractivity contribution in [3.63, 3.8) is 0 Å². The Labute approximate surface area is 257 Å². The normalized spacial score (nSPS) is 50.3. The van der Waals surface area contributed by atoms with Crippen LogP contribution < -0.4 is 5.63 Å². The number of rotatable bonds is 5. The molecule has 14 atom stereocenters. The number of hydrogen-bond acceptors (Lipinski definition) is 11. The van der Waals surface area contributed by atoms with Crippen LogP contribution in [0.3, 0.4) is 0 Å². The summed E-state index contributed by atoms with van der Waals surface area (Å²) >= 11 is 0. The Balaban J connectivity index is 1.29. The van der Waals surface area contributed by atoms with Crippen LogP contribution in [0.15, 0.2) is 27.6 Å². The van der Waals surface area contributed by atoms with Crippen molar-refractivity contribution in [3.8, 4) is 0 Å². The molecule has 0 radical (unpaired) electrons. The Kier molecular flexibility index (Phi) is 8.13. The predicted octanol–water partition coefficient (Wildman–Crippen LogP) is 2.40. The number of carbonyl (C=O) groups excluding carboxylic acids is 1. The predicted molar refractivity (Wildman–Crippen MR) is 155 cm³/mol. The van der Waals surface area contributed by atoms with Crippen LogP contribution in [0.1, 0.15) is 90.5 Å². The molecule has 1 aromatic rings. The Morgan fingerprint density at radius 1 is 1.05 bits per heavy atom. The Morgan fingerprint density at radius 3 is 2.45 bits per heavy atom. The molecule has 4 saturated carbocycles. The summed E-state index contributed by atoms with van der Waals surface area (Å²) in [7, 11) is 1.43. The zero-order valence-corrected chi connectivity index (χ0v) is 26.3. The highest BCUT2D eigenvalue weighted by molar-refractivity contribution is 5.66. The number of hydrogen-bond donors (Lipinski definition) is 4. The zero-order valence-electron chi connectivity index (χ0n) is 26.3. The molecule has 2 unspecified atom stereocenters. The van der Waals surface area contributed by atoms with Gasteiger partial charge in [-0.05, 0) is 80.8 Å². The number of aliphatic hydroxyl groups is 4. The van der Waals surface area contributed by atoms with Gasteiger partial charge in [-0.3, -0.25) is 4.79 Å². The van der Waals surface area contributed by atoms with Crippen LogP contribution in [-0.4, -0.2) is 87.6 Å². The van der Waals surface area contributed by atoms with Gasteiger partial charge in [0.15, 0.2) is 6.29 Å². The van der Waals surface area contributed by atoms with Crippen LogP contribution in [0.4, 0.5) is 0 Å². The largest absolute Gasteiger partial charge is 0.462 e. The van der Waals surface area contributed by atoms with E-state index in [4.69, 9.17) is 23.4 Å². The molecule has 246 valence electrons. The van der Waals surface area contributed by atoms with Gasteiger partial charge in [-0.1, -0.05) is 13.8 Å². The molecule has 5 aliphatic rings. The number of methoxy groups -OCH3 is 1. The number of esters is 1. The summed E-state index contributed by atoms with van der Waals surface area (Å²) in [5, 5.41) is 46.7. The van der Waals surface area contributed by atoms with E-state index in [9.17, 15) is 30.0 Å². The maximum Gasteiger partial charge on any atom is 0.335 e. The van der Waals surface area contributed by atoms with Crippen LogP contribution >= 0.6 is 0 Å². The second kappa shape index (κ2) is 11.1. The van der Waals surface area contributed by atoms with Gasteiger partial charge in [0, 0.05) is 37.9 Å². The summed E-state index contributed by atoms with van der Waals surface area (Å²) in [6.07, 6.45) is 0.146. The smallest absolute Gasteiger partial charge is 0.335 e. The van der Waals surface area contributed by atoms with Gasteiger partial charge in [-0.15, -0.1) is 0 Å². The Hall–Kier alpha value is -1.86. The van der Waals surface area contributed by atoms with Gasteiger partial charge < -0.3 is 43.8 Å². The summed E-state index contributed by atoms with van der Waals surface area (Å²) < 4.78 is 28.7. The third-order valence-electron chi connectivity index (χ3n) is 12.7. The molecule has 0 spiro atoms. The quantitative estimate of drug-likeness (QED) is 0.282. The minimum Gasteiger partial charge on any atom is -0.462 e. The van der Waals surface area contributed by atoms with Gasteiger partial charge in [0.1, 0.15) is 30.0 Å². The minimum atomic E-state index is -1.51. The lowest BCUT2D eigenvalue weighted by atomic mass is 9.40. The van der Waals surface area contributed by atoms with Crippen molar-refractivity contribution in [2.24, 2.45) is 22.7 Å². The van der Waals surface area contributed by atoms with E-state index in [1.54, 1.807) is 13.0 Å². The molecule has 4 aliphatic carbocycles. The van der Waals surface area contributed by atoms with Crippen molar-refractivity contribution in [3.05, 3.63) is 34.4 Å². The van der Waals surface area contributed by atoms with Crippen LogP contribution in [-0.2, 0) is 23.7 Å². The second-order valence-corrected chi connectivity index (χ2v) is 14.7. The zero-order chi connectivity index (χ0) is 31.8. The van der Waals surface area contributed by atoms with E-state index in [0.29, 0.717) is 44.9 Å². The van der Waals surface area contributed by atoms with Crippen molar-refractivity contribution in [1.82, 2.24) is 0 Å². The molecule has 0 aromatic carbocycles. The molecule has 5 fully saturated rings. The molecule has 1 aliphatic heterocycles. The van der Waals surface area contributed by atoms with E-state index < -0.39 is 70.4 Å². The minimum absolute atomic E-state index is 0.102. The molecular formula is C33H48O11. The third-order valence-corrected chi connectivity index (χ3v) is 12.7. The van der Waals surface area contributed by atoms with Crippen LogP contribution in [0.5, 0.6) is 0 Å². The lowest BCUT2D eigenvalue weighted by molar-refractivity contribution is -0.328. The molecule has 11 heteroatoms. The van der Waals surface area contributed by atoms with E-state index in [1.165, 1.54) is 26.4 Å². The molecule has 1 aromatic heterocycles. The van der Waals surface area contributed by atoms with Crippen molar-refractivity contribution in [2.75, 3.05) is 7.11 Å². The van der Waals surface area contributed by atoms with E-state index in [2.05, 4.69) is 6.92 Å². The standard InChI is InChI=1S/C33H48O11/c1-17-26(36)28(40-5)27(37)29(42-17)44-20-8-11-30(3)22(14-20)23(43-18(2)34)15-32(38)24(30)10-12-31(4)21(9-13-33(31,32)39)19-6-7-25(35)41-16-19/h6-7,16-17,20-24,26-29,36-39H,8-15H2,1-5H3/t17-,20-,21+,22?,23?,24+,26-,27-,28+,29+,30-,31+,32-,33+/m0/s1. The SMILES string of the molecule is CO[C@H]1[C@H](O)[C@@H](O[C@H]2CC[C@@]3(C)C(C2)C(OC(C)=O)C[C@]2(O)[C@@H]3CC[C@]3(C)[C@@H](c4ccc(=O)oc4)CC[C@@]32O)O[C@@H](C)[C@@H]1O. The number of fused-ring (bicyclic) bond motifs is 5. The molecule has 2 heterocycles. The first-order chi connectivity index (χ1) is 20.7. The van der Waals surface area contributed by atoms with E-state index in [-0.39, 0.29) is 30.3 Å². The fraction of sp³-hybridized carbons (Fsp3) is 0.818. The molecule has 0 amide bonds. The van der Waals surface area contributed by atoms with Crippen LogP contribution in [0.2, 0.25) is 0 Å². The van der Waals surface area contributed by atoms with Gasteiger partial charge >= 0.3 is 11.6 Å². The fourth-order valence-corrected chi connectivity index (χ4v) is 10.4. The van der Waals surface area contributed by atoms with Gasteiger partial charge in [-0.2, -0.15) is 0 Å². The lowest BCUT2D eigenvalue weighted by Gasteiger charge is -2.68. The highest BCUT2D eigenvalue weighted by Crippen LogP contribution is 2.72. The van der Waals surface area contributed by atoms with Crippen molar-refractivity contribution in [2.45, 2.75) is 139 Å².